The molecule has 0 aliphatic heterocycles. The summed E-state index contributed by atoms with van der Waals surface area (Å²) in [6, 6.07) is 10.3. The van der Waals surface area contributed by atoms with E-state index in [-0.39, 0.29) is 5.41 Å². The van der Waals surface area contributed by atoms with Gasteiger partial charge in [-0.15, -0.1) is 0 Å². The van der Waals surface area contributed by atoms with E-state index in [1.807, 2.05) is 12.1 Å². The molecule has 2 heteroatoms. The van der Waals surface area contributed by atoms with E-state index in [2.05, 4.69) is 54.9 Å². The van der Waals surface area contributed by atoms with Gasteiger partial charge >= 0.3 is 0 Å². The fourth-order valence-electron chi connectivity index (χ4n) is 1.61. The molecule has 84 valence electrons. The van der Waals surface area contributed by atoms with Crippen molar-refractivity contribution in [3.8, 4) is 11.3 Å². The maximum atomic E-state index is 5.44. The zero-order valence-electron chi connectivity index (χ0n) is 9.75. The average Bonchev–Trinajstić information content (AvgIpc) is 2.69. The van der Waals surface area contributed by atoms with E-state index in [0.29, 0.717) is 0 Å². The molecule has 0 unspecified atom stereocenters. The third-order valence-electron chi connectivity index (χ3n) is 2.62. The van der Waals surface area contributed by atoms with Gasteiger partial charge in [-0.05, 0) is 35.2 Å². The first-order chi connectivity index (χ1) is 7.48. The Labute approximate surface area is 105 Å². The molecule has 2 aromatic rings. The fraction of sp³-hybridized carbons (Fsp3) is 0.286. The van der Waals surface area contributed by atoms with Crippen molar-refractivity contribution < 1.29 is 4.42 Å². The second-order valence-electron chi connectivity index (χ2n) is 4.92. The lowest BCUT2D eigenvalue weighted by atomic mass is 9.86. The van der Waals surface area contributed by atoms with E-state index in [9.17, 15) is 0 Å². The van der Waals surface area contributed by atoms with E-state index < -0.39 is 0 Å². The van der Waals surface area contributed by atoms with Gasteiger partial charge in [0.15, 0.2) is 0 Å². The van der Waals surface area contributed by atoms with Crippen LogP contribution in [0.3, 0.4) is 0 Å². The van der Waals surface area contributed by atoms with Crippen molar-refractivity contribution in [1.29, 1.82) is 0 Å². The van der Waals surface area contributed by atoms with Crippen LogP contribution in [0.25, 0.3) is 11.3 Å². The van der Waals surface area contributed by atoms with Crippen LogP contribution in [0.15, 0.2) is 45.5 Å². The van der Waals surface area contributed by atoms with Gasteiger partial charge in [0.05, 0.1) is 6.26 Å². The number of rotatable bonds is 1. The first-order valence-electron chi connectivity index (χ1n) is 5.32. The monoisotopic (exact) mass is 278 g/mol. The van der Waals surface area contributed by atoms with Crippen LogP contribution in [-0.2, 0) is 5.41 Å². The van der Waals surface area contributed by atoms with Crippen LogP contribution in [0.1, 0.15) is 26.3 Å². The summed E-state index contributed by atoms with van der Waals surface area (Å²) in [6.07, 6.45) is 1.70. The quantitative estimate of drug-likeness (QED) is 0.715. The van der Waals surface area contributed by atoms with Crippen molar-refractivity contribution >= 4 is 15.9 Å². The molecule has 0 aliphatic rings. The van der Waals surface area contributed by atoms with Gasteiger partial charge in [-0.2, -0.15) is 0 Å². The average molecular weight is 279 g/mol. The summed E-state index contributed by atoms with van der Waals surface area (Å²) in [6.45, 7) is 6.63. The molecule has 0 N–H and O–H groups in total. The first kappa shape index (κ1) is 11.5. The fourth-order valence-corrected chi connectivity index (χ4v) is 2.05. The predicted octanol–water partition coefficient (Wildman–Crippen LogP) is 5.01. The first-order valence-corrected chi connectivity index (χ1v) is 6.12. The molecule has 2 rings (SSSR count). The Bertz CT molecular complexity index is 478. The number of hydrogen-bond donors (Lipinski definition) is 0. The third-order valence-corrected chi connectivity index (χ3v) is 3.31. The summed E-state index contributed by atoms with van der Waals surface area (Å²) in [5.74, 6) is 0.901. The second kappa shape index (κ2) is 4.10. The molecule has 1 aromatic heterocycles. The van der Waals surface area contributed by atoms with E-state index in [1.165, 1.54) is 5.56 Å². The summed E-state index contributed by atoms with van der Waals surface area (Å²) >= 11 is 3.56. The maximum absolute atomic E-state index is 5.44. The summed E-state index contributed by atoms with van der Waals surface area (Å²) in [5.41, 5.74) is 2.57. The third kappa shape index (κ3) is 2.22. The Morgan fingerprint density at radius 1 is 1.12 bits per heavy atom. The van der Waals surface area contributed by atoms with Crippen LogP contribution >= 0.6 is 15.9 Å². The van der Waals surface area contributed by atoms with Crippen molar-refractivity contribution in [2.75, 3.05) is 0 Å². The topological polar surface area (TPSA) is 13.1 Å². The molecule has 0 saturated carbocycles. The Kier molecular flexibility index (Phi) is 2.94. The molecule has 0 atom stereocenters. The van der Waals surface area contributed by atoms with Crippen LogP contribution in [0.2, 0.25) is 0 Å². The molecule has 16 heavy (non-hydrogen) atoms. The maximum Gasteiger partial charge on any atom is 0.134 e. The van der Waals surface area contributed by atoms with Gasteiger partial charge in [0, 0.05) is 10.0 Å². The van der Waals surface area contributed by atoms with E-state index >= 15 is 0 Å². The summed E-state index contributed by atoms with van der Waals surface area (Å²) in [5, 5.41) is 0. The van der Waals surface area contributed by atoms with Gasteiger partial charge in [0.2, 0.25) is 0 Å². The lowest BCUT2D eigenvalue weighted by Crippen LogP contribution is -2.10. The van der Waals surface area contributed by atoms with Crippen LogP contribution < -0.4 is 0 Å². The van der Waals surface area contributed by atoms with E-state index in [4.69, 9.17) is 4.42 Å². The van der Waals surface area contributed by atoms with Gasteiger partial charge in [0.1, 0.15) is 5.76 Å². The minimum Gasteiger partial charge on any atom is -0.464 e. The summed E-state index contributed by atoms with van der Waals surface area (Å²) in [4.78, 5) is 0. The van der Waals surface area contributed by atoms with Crippen molar-refractivity contribution in [3.63, 3.8) is 0 Å². The van der Waals surface area contributed by atoms with Crippen LogP contribution in [0.5, 0.6) is 0 Å². The van der Waals surface area contributed by atoms with Gasteiger partial charge in [-0.1, -0.05) is 42.8 Å². The van der Waals surface area contributed by atoms with Gasteiger partial charge < -0.3 is 4.42 Å². The highest BCUT2D eigenvalue weighted by Crippen LogP contribution is 2.33. The molecule has 0 fully saturated rings. The minimum atomic E-state index is 0.155. The summed E-state index contributed by atoms with van der Waals surface area (Å²) < 4.78 is 6.50. The zero-order valence-corrected chi connectivity index (χ0v) is 11.3. The molecule has 0 radical (unpaired) electrons. The normalized spacial score (nSPS) is 11.8. The highest BCUT2D eigenvalue weighted by atomic mass is 79.9. The van der Waals surface area contributed by atoms with E-state index in [1.54, 1.807) is 6.26 Å². The molecule has 1 aromatic carbocycles. The van der Waals surface area contributed by atoms with Crippen LogP contribution in [0.4, 0.5) is 0 Å². The second-order valence-corrected chi connectivity index (χ2v) is 5.78. The molecule has 0 spiro atoms. The molecule has 0 saturated heterocycles. The molecule has 0 aliphatic carbocycles. The lowest BCUT2D eigenvalue weighted by Gasteiger charge is -2.20. The Balaban J connectivity index is 2.54. The highest BCUT2D eigenvalue weighted by Gasteiger charge is 2.16. The predicted molar refractivity (Wildman–Crippen MR) is 70.5 cm³/mol. The van der Waals surface area contributed by atoms with Crippen molar-refractivity contribution in [3.05, 3.63) is 46.6 Å². The van der Waals surface area contributed by atoms with Crippen molar-refractivity contribution in [2.24, 2.45) is 0 Å². The SMILES string of the molecule is CC(C)(C)c1ccc(Br)c(-c2ccco2)c1. The van der Waals surface area contributed by atoms with E-state index in [0.717, 1.165) is 15.8 Å². The Morgan fingerprint density at radius 3 is 2.44 bits per heavy atom. The Morgan fingerprint density at radius 2 is 1.88 bits per heavy atom. The number of furan rings is 1. The van der Waals surface area contributed by atoms with Gasteiger partial charge in [-0.25, -0.2) is 0 Å². The molecule has 0 amide bonds. The van der Waals surface area contributed by atoms with Crippen LogP contribution in [-0.4, -0.2) is 0 Å². The molecule has 0 bridgehead atoms. The van der Waals surface area contributed by atoms with Gasteiger partial charge in [-0.3, -0.25) is 0 Å². The minimum absolute atomic E-state index is 0.155. The molecule has 1 heterocycles. The van der Waals surface area contributed by atoms with Crippen LogP contribution in [0, 0.1) is 0 Å². The van der Waals surface area contributed by atoms with Gasteiger partial charge in [0.25, 0.3) is 0 Å². The largest absolute Gasteiger partial charge is 0.464 e. The lowest BCUT2D eigenvalue weighted by molar-refractivity contribution is 0.578. The smallest absolute Gasteiger partial charge is 0.134 e. The number of halogens is 1. The van der Waals surface area contributed by atoms with Crippen molar-refractivity contribution in [2.45, 2.75) is 26.2 Å². The van der Waals surface area contributed by atoms with Crippen molar-refractivity contribution in [1.82, 2.24) is 0 Å². The molecular formula is C14H15BrO. The molecule has 1 nitrogen and oxygen atoms in total. The number of benzene rings is 1. The molecular weight excluding hydrogens is 264 g/mol. The summed E-state index contributed by atoms with van der Waals surface area (Å²) in [7, 11) is 0. The highest BCUT2D eigenvalue weighted by molar-refractivity contribution is 9.10. The zero-order chi connectivity index (χ0) is 11.8. The Hall–Kier alpha value is -1.02. The number of hydrogen-bond acceptors (Lipinski definition) is 1. The standard InChI is InChI=1S/C14H15BrO/c1-14(2,3)10-6-7-12(15)11(9-10)13-5-4-8-16-13/h4-9H,1-3H3.